The van der Waals surface area contributed by atoms with E-state index in [1.165, 1.54) is 41.0 Å². The van der Waals surface area contributed by atoms with Gasteiger partial charge in [0.1, 0.15) is 0 Å². The Morgan fingerprint density at radius 3 is 2.46 bits per heavy atom. The van der Waals surface area contributed by atoms with Gasteiger partial charge in [-0.05, 0) is 36.1 Å². The molecule has 3 aromatic rings. The minimum atomic E-state index is 0.131. The Bertz CT molecular complexity index is 984. The zero-order valence-corrected chi connectivity index (χ0v) is 17.7. The van der Waals surface area contributed by atoms with Crippen molar-refractivity contribution >= 4 is 27.2 Å². The van der Waals surface area contributed by atoms with Crippen LogP contribution in [-0.2, 0) is 20.0 Å². The van der Waals surface area contributed by atoms with Crippen LogP contribution in [0, 0.1) is 0 Å². The number of hydrogen-bond acceptors (Lipinski definition) is 4. The second-order valence-electron chi connectivity index (χ2n) is 7.74. The van der Waals surface area contributed by atoms with E-state index < -0.39 is 0 Å². The molecular formula is C23H29N3OS. The first kappa shape index (κ1) is 19.2. The molecule has 1 aliphatic rings. The second-order valence-corrected chi connectivity index (χ2v) is 8.73. The van der Waals surface area contributed by atoms with Crippen LogP contribution >= 0.6 is 11.3 Å². The van der Waals surface area contributed by atoms with Gasteiger partial charge in [-0.2, -0.15) is 0 Å². The SMILES string of the molecule is CCCCc1cc(N2CCN(Cc3ccccc3)CC2)c2c(c1)sc(=O)n2C. The van der Waals surface area contributed by atoms with Crippen LogP contribution in [0.4, 0.5) is 5.69 Å². The number of fused-ring (bicyclic) bond motifs is 1. The number of hydrogen-bond donors (Lipinski definition) is 0. The molecule has 4 nitrogen and oxygen atoms in total. The van der Waals surface area contributed by atoms with Crippen LogP contribution in [0.3, 0.4) is 0 Å². The van der Waals surface area contributed by atoms with E-state index in [-0.39, 0.29) is 4.87 Å². The van der Waals surface area contributed by atoms with E-state index in [4.69, 9.17) is 0 Å². The summed E-state index contributed by atoms with van der Waals surface area (Å²) >= 11 is 1.38. The van der Waals surface area contributed by atoms with Crippen molar-refractivity contribution in [2.75, 3.05) is 31.1 Å². The van der Waals surface area contributed by atoms with E-state index in [2.05, 4.69) is 59.2 Å². The smallest absolute Gasteiger partial charge is 0.307 e. The molecule has 0 unspecified atom stereocenters. The molecule has 4 rings (SSSR count). The lowest BCUT2D eigenvalue weighted by Crippen LogP contribution is -2.46. The predicted molar refractivity (Wildman–Crippen MR) is 120 cm³/mol. The van der Waals surface area contributed by atoms with Crippen LogP contribution in [0.1, 0.15) is 30.9 Å². The molecule has 0 radical (unpaired) electrons. The van der Waals surface area contributed by atoms with Crippen molar-refractivity contribution in [3.05, 3.63) is 63.3 Å². The van der Waals surface area contributed by atoms with Crippen LogP contribution < -0.4 is 9.77 Å². The predicted octanol–water partition coefficient (Wildman–Crippen LogP) is 4.26. The van der Waals surface area contributed by atoms with Crippen molar-refractivity contribution in [3.63, 3.8) is 0 Å². The van der Waals surface area contributed by atoms with Gasteiger partial charge in [0.2, 0.25) is 0 Å². The molecule has 28 heavy (non-hydrogen) atoms. The van der Waals surface area contributed by atoms with E-state index in [1.807, 2.05) is 11.6 Å². The normalized spacial score (nSPS) is 15.4. The van der Waals surface area contributed by atoms with Crippen LogP contribution in [0.25, 0.3) is 10.2 Å². The number of unbranched alkanes of at least 4 members (excludes halogenated alkanes) is 1. The number of aromatic nitrogens is 1. The summed E-state index contributed by atoms with van der Waals surface area (Å²) in [5, 5.41) is 0. The van der Waals surface area contributed by atoms with E-state index >= 15 is 0 Å². The first-order valence-electron chi connectivity index (χ1n) is 10.3. The molecule has 0 aliphatic carbocycles. The Morgan fingerprint density at radius 2 is 1.75 bits per heavy atom. The van der Waals surface area contributed by atoms with Gasteiger partial charge in [-0.3, -0.25) is 14.3 Å². The lowest BCUT2D eigenvalue weighted by molar-refractivity contribution is 0.250. The van der Waals surface area contributed by atoms with Crippen molar-refractivity contribution in [1.82, 2.24) is 9.47 Å². The molecule has 1 fully saturated rings. The first-order valence-corrected chi connectivity index (χ1v) is 11.1. The Morgan fingerprint density at radius 1 is 1.00 bits per heavy atom. The van der Waals surface area contributed by atoms with Gasteiger partial charge >= 0.3 is 4.87 Å². The fourth-order valence-electron chi connectivity index (χ4n) is 4.07. The molecule has 0 N–H and O–H groups in total. The maximum atomic E-state index is 12.3. The van der Waals surface area contributed by atoms with Gasteiger partial charge < -0.3 is 4.90 Å². The number of benzene rings is 2. The molecule has 2 aromatic carbocycles. The van der Waals surface area contributed by atoms with Gasteiger partial charge in [0.25, 0.3) is 0 Å². The molecular weight excluding hydrogens is 366 g/mol. The number of nitrogens with zero attached hydrogens (tertiary/aromatic N) is 3. The monoisotopic (exact) mass is 395 g/mol. The standard InChI is InChI=1S/C23H29N3OS/c1-3-4-8-19-15-20(22-21(16-19)28-23(27)24(22)2)26-13-11-25(12-14-26)17-18-9-6-5-7-10-18/h5-7,9-10,15-16H,3-4,8,11-14,17H2,1-2H3. The summed E-state index contributed by atoms with van der Waals surface area (Å²) in [5.74, 6) is 0. The third kappa shape index (κ3) is 4.01. The molecule has 0 amide bonds. The van der Waals surface area contributed by atoms with Crippen LogP contribution in [-0.4, -0.2) is 35.6 Å². The molecule has 1 aliphatic heterocycles. The quantitative estimate of drug-likeness (QED) is 0.624. The Kier molecular flexibility index (Phi) is 5.83. The lowest BCUT2D eigenvalue weighted by atomic mass is 10.1. The average molecular weight is 396 g/mol. The summed E-state index contributed by atoms with van der Waals surface area (Å²) in [6.07, 6.45) is 3.47. The third-order valence-electron chi connectivity index (χ3n) is 5.70. The minimum Gasteiger partial charge on any atom is -0.367 e. The molecule has 1 saturated heterocycles. The topological polar surface area (TPSA) is 28.5 Å². The van der Waals surface area contributed by atoms with Gasteiger partial charge in [-0.25, -0.2) is 0 Å². The van der Waals surface area contributed by atoms with E-state index in [0.29, 0.717) is 0 Å². The third-order valence-corrected chi connectivity index (χ3v) is 6.68. The summed E-state index contributed by atoms with van der Waals surface area (Å²) in [5.41, 5.74) is 5.08. The molecule has 0 spiro atoms. The highest BCUT2D eigenvalue weighted by Gasteiger charge is 2.21. The van der Waals surface area contributed by atoms with E-state index in [0.717, 1.165) is 49.4 Å². The Balaban J connectivity index is 1.56. The van der Waals surface area contributed by atoms with Crippen molar-refractivity contribution < 1.29 is 0 Å². The van der Waals surface area contributed by atoms with Crippen molar-refractivity contribution in [1.29, 1.82) is 0 Å². The zero-order chi connectivity index (χ0) is 19.5. The van der Waals surface area contributed by atoms with E-state index in [1.54, 1.807) is 0 Å². The molecule has 148 valence electrons. The van der Waals surface area contributed by atoms with Gasteiger partial charge in [-0.1, -0.05) is 55.0 Å². The lowest BCUT2D eigenvalue weighted by Gasteiger charge is -2.36. The summed E-state index contributed by atoms with van der Waals surface area (Å²) < 4.78 is 2.96. The number of piperazine rings is 1. The first-order chi connectivity index (χ1) is 13.7. The van der Waals surface area contributed by atoms with Crippen LogP contribution in [0.5, 0.6) is 0 Å². The molecule has 1 aromatic heterocycles. The Labute approximate surface area is 171 Å². The summed E-state index contributed by atoms with van der Waals surface area (Å²) in [6, 6.07) is 15.3. The highest BCUT2D eigenvalue weighted by molar-refractivity contribution is 7.16. The highest BCUT2D eigenvalue weighted by Crippen LogP contribution is 2.31. The van der Waals surface area contributed by atoms with Crippen LogP contribution in [0.2, 0.25) is 0 Å². The van der Waals surface area contributed by atoms with Crippen molar-refractivity contribution in [2.24, 2.45) is 7.05 Å². The van der Waals surface area contributed by atoms with Crippen molar-refractivity contribution in [2.45, 2.75) is 32.7 Å². The average Bonchev–Trinajstić information content (AvgIpc) is 3.01. The number of thiazole rings is 1. The minimum absolute atomic E-state index is 0.131. The van der Waals surface area contributed by atoms with Crippen LogP contribution in [0.15, 0.2) is 47.3 Å². The van der Waals surface area contributed by atoms with Gasteiger partial charge in [0.05, 0.1) is 15.9 Å². The fraction of sp³-hybridized carbons (Fsp3) is 0.435. The van der Waals surface area contributed by atoms with Gasteiger partial charge in [-0.15, -0.1) is 0 Å². The number of rotatable bonds is 6. The van der Waals surface area contributed by atoms with Gasteiger partial charge in [0.15, 0.2) is 0 Å². The van der Waals surface area contributed by atoms with Crippen molar-refractivity contribution in [3.8, 4) is 0 Å². The van der Waals surface area contributed by atoms with E-state index in [9.17, 15) is 4.79 Å². The second kappa shape index (κ2) is 8.50. The van der Waals surface area contributed by atoms with Gasteiger partial charge in [0, 0.05) is 39.8 Å². The fourth-order valence-corrected chi connectivity index (χ4v) is 5.04. The summed E-state index contributed by atoms with van der Waals surface area (Å²) in [6.45, 7) is 7.34. The number of anilines is 1. The maximum Gasteiger partial charge on any atom is 0.307 e. The highest BCUT2D eigenvalue weighted by atomic mass is 32.1. The molecule has 5 heteroatoms. The molecule has 0 saturated carbocycles. The largest absolute Gasteiger partial charge is 0.367 e. The molecule has 2 heterocycles. The Hall–Kier alpha value is -2.11. The molecule has 0 bridgehead atoms. The summed E-state index contributed by atoms with van der Waals surface area (Å²) in [4.78, 5) is 17.4. The maximum absolute atomic E-state index is 12.3. The molecule has 0 atom stereocenters. The summed E-state index contributed by atoms with van der Waals surface area (Å²) in [7, 11) is 1.90. The zero-order valence-electron chi connectivity index (χ0n) is 16.9. The number of aryl methyl sites for hydroxylation is 2.